The van der Waals surface area contributed by atoms with E-state index in [-0.39, 0.29) is 18.2 Å². The highest BCUT2D eigenvalue weighted by Gasteiger charge is 2.35. The van der Waals surface area contributed by atoms with Gasteiger partial charge >= 0.3 is 0 Å². The number of likely N-dealkylation sites (tertiary alicyclic amines) is 1. The molecule has 0 aromatic heterocycles. The van der Waals surface area contributed by atoms with Gasteiger partial charge < -0.3 is 19.3 Å². The number of aliphatic hydroxyl groups is 1. The number of rotatable bonds is 7. The molecule has 2 saturated heterocycles. The lowest BCUT2D eigenvalue weighted by Gasteiger charge is -2.33. The molecule has 2 heterocycles. The quantitative estimate of drug-likeness (QED) is 0.798. The lowest BCUT2D eigenvalue weighted by molar-refractivity contribution is -0.00618. The smallest absolute Gasteiger partial charge is 0.123 e. The topological polar surface area (TPSA) is 54.4 Å². The van der Waals surface area contributed by atoms with Crippen molar-refractivity contribution in [3.63, 3.8) is 0 Å². The van der Waals surface area contributed by atoms with Gasteiger partial charge in [-0.25, -0.2) is 0 Å². The van der Waals surface area contributed by atoms with Crippen molar-refractivity contribution in [3.05, 3.63) is 24.3 Å². The van der Waals surface area contributed by atoms with Crippen molar-refractivity contribution in [2.45, 2.75) is 32.1 Å². The van der Waals surface area contributed by atoms with E-state index in [1.165, 1.54) is 0 Å². The minimum Gasteiger partial charge on any atom is -0.492 e. The Morgan fingerprint density at radius 2 is 1.96 bits per heavy atom. The van der Waals surface area contributed by atoms with Crippen LogP contribution in [-0.4, -0.2) is 85.7 Å². The van der Waals surface area contributed by atoms with Crippen molar-refractivity contribution in [2.24, 2.45) is 0 Å². The first-order valence-corrected chi connectivity index (χ1v) is 9.23. The van der Waals surface area contributed by atoms with Crippen molar-refractivity contribution in [2.75, 3.05) is 52.5 Å². The molecule has 0 unspecified atom stereocenters. The van der Waals surface area contributed by atoms with Gasteiger partial charge in [-0.05, 0) is 26.0 Å². The Kier molecular flexibility index (Phi) is 6.53. The van der Waals surface area contributed by atoms with E-state index in [4.69, 9.17) is 14.2 Å². The molecular formula is C19H30N2O4. The summed E-state index contributed by atoms with van der Waals surface area (Å²) in [5.41, 5.74) is 0. The van der Waals surface area contributed by atoms with Gasteiger partial charge in [-0.3, -0.25) is 9.80 Å². The molecule has 0 amide bonds. The number of hydrogen-bond donors (Lipinski definition) is 1. The van der Waals surface area contributed by atoms with Crippen LogP contribution in [0.3, 0.4) is 0 Å². The summed E-state index contributed by atoms with van der Waals surface area (Å²) < 4.78 is 17.0. The highest BCUT2D eigenvalue weighted by Crippen LogP contribution is 2.21. The molecule has 3 rings (SSSR count). The number of β-amino-alcohol motifs (C(OH)–C–C–N with tert-alkyl or cyclic N) is 1. The van der Waals surface area contributed by atoms with Crippen LogP contribution in [0.25, 0.3) is 0 Å². The van der Waals surface area contributed by atoms with Gasteiger partial charge in [0.05, 0.1) is 25.4 Å². The second-order valence-corrected chi connectivity index (χ2v) is 7.03. The largest absolute Gasteiger partial charge is 0.492 e. The van der Waals surface area contributed by atoms with Gasteiger partial charge in [0, 0.05) is 44.8 Å². The van der Waals surface area contributed by atoms with Crippen LogP contribution in [-0.2, 0) is 4.74 Å². The van der Waals surface area contributed by atoms with Crippen LogP contribution in [0, 0.1) is 0 Å². The summed E-state index contributed by atoms with van der Waals surface area (Å²) in [6, 6.07) is 7.97. The van der Waals surface area contributed by atoms with E-state index < -0.39 is 0 Å². The van der Waals surface area contributed by atoms with Gasteiger partial charge in [0.25, 0.3) is 0 Å². The standard InChI is InChI=1S/C19H30N2O4/c1-15(2)25-17-5-3-4-16(12-17)24-11-6-20-13-18(19(22)14-20)21-7-9-23-10-8-21/h3-5,12,15,18-19,22H,6-11,13-14H2,1-2H3/t18-,19-/m0/s1. The molecule has 0 bridgehead atoms. The van der Waals surface area contributed by atoms with Gasteiger partial charge in [0.1, 0.15) is 18.1 Å². The third-order valence-corrected chi connectivity index (χ3v) is 4.70. The lowest BCUT2D eigenvalue weighted by Crippen LogP contribution is -2.48. The van der Waals surface area contributed by atoms with Crippen molar-refractivity contribution in [1.82, 2.24) is 9.80 Å². The summed E-state index contributed by atoms with van der Waals surface area (Å²) in [6.45, 7) is 10.4. The predicted molar refractivity (Wildman–Crippen MR) is 96.3 cm³/mol. The zero-order chi connectivity index (χ0) is 17.6. The third-order valence-electron chi connectivity index (χ3n) is 4.70. The summed E-state index contributed by atoms with van der Waals surface area (Å²) in [4.78, 5) is 4.63. The zero-order valence-corrected chi connectivity index (χ0v) is 15.3. The van der Waals surface area contributed by atoms with Crippen LogP contribution in [0.1, 0.15) is 13.8 Å². The molecule has 25 heavy (non-hydrogen) atoms. The lowest BCUT2D eigenvalue weighted by atomic mass is 10.2. The molecule has 0 spiro atoms. The fourth-order valence-electron chi connectivity index (χ4n) is 3.50. The Bertz CT molecular complexity index is 534. The van der Waals surface area contributed by atoms with E-state index in [1.54, 1.807) is 0 Å². The number of benzene rings is 1. The van der Waals surface area contributed by atoms with Gasteiger partial charge in [-0.1, -0.05) is 6.07 Å². The fraction of sp³-hybridized carbons (Fsp3) is 0.684. The maximum atomic E-state index is 10.4. The van der Waals surface area contributed by atoms with Crippen molar-refractivity contribution < 1.29 is 19.3 Å². The van der Waals surface area contributed by atoms with E-state index in [1.807, 2.05) is 38.1 Å². The Labute approximate surface area is 150 Å². The van der Waals surface area contributed by atoms with Crippen LogP contribution >= 0.6 is 0 Å². The molecule has 0 radical (unpaired) electrons. The predicted octanol–water partition coefficient (Wildman–Crippen LogP) is 1.23. The van der Waals surface area contributed by atoms with Crippen molar-refractivity contribution in [1.29, 1.82) is 0 Å². The second-order valence-electron chi connectivity index (χ2n) is 7.03. The molecule has 0 saturated carbocycles. The molecule has 2 aliphatic rings. The van der Waals surface area contributed by atoms with Crippen LogP contribution in [0.4, 0.5) is 0 Å². The zero-order valence-electron chi connectivity index (χ0n) is 15.3. The third kappa shape index (κ3) is 5.31. The maximum absolute atomic E-state index is 10.4. The van der Waals surface area contributed by atoms with Crippen LogP contribution < -0.4 is 9.47 Å². The monoisotopic (exact) mass is 350 g/mol. The van der Waals surface area contributed by atoms with Crippen LogP contribution in [0.5, 0.6) is 11.5 Å². The van der Waals surface area contributed by atoms with Gasteiger partial charge in [-0.2, -0.15) is 0 Å². The van der Waals surface area contributed by atoms with Gasteiger partial charge in [-0.15, -0.1) is 0 Å². The minimum absolute atomic E-state index is 0.151. The van der Waals surface area contributed by atoms with E-state index in [0.29, 0.717) is 13.2 Å². The van der Waals surface area contributed by atoms with E-state index in [0.717, 1.165) is 50.9 Å². The average molecular weight is 350 g/mol. The highest BCUT2D eigenvalue weighted by molar-refractivity contribution is 5.33. The number of morpholine rings is 1. The fourth-order valence-corrected chi connectivity index (χ4v) is 3.50. The van der Waals surface area contributed by atoms with E-state index in [9.17, 15) is 5.11 Å². The number of aliphatic hydroxyl groups excluding tert-OH is 1. The maximum Gasteiger partial charge on any atom is 0.123 e. The SMILES string of the molecule is CC(C)Oc1cccc(OCCN2C[C@H](O)[C@@H](N3CCOCC3)C2)c1. The number of ether oxygens (including phenoxy) is 3. The molecule has 0 aliphatic carbocycles. The molecule has 2 atom stereocenters. The van der Waals surface area contributed by atoms with Crippen molar-refractivity contribution in [3.8, 4) is 11.5 Å². The molecule has 140 valence electrons. The van der Waals surface area contributed by atoms with Crippen LogP contribution in [0.2, 0.25) is 0 Å². The highest BCUT2D eigenvalue weighted by atomic mass is 16.5. The molecule has 2 fully saturated rings. The first kappa shape index (κ1) is 18.5. The first-order chi connectivity index (χ1) is 12.1. The average Bonchev–Trinajstić information content (AvgIpc) is 2.96. The summed E-state index contributed by atoms with van der Waals surface area (Å²) in [7, 11) is 0. The van der Waals surface area contributed by atoms with Crippen molar-refractivity contribution >= 4 is 0 Å². The summed E-state index contributed by atoms with van der Waals surface area (Å²) in [5.74, 6) is 1.65. The molecule has 1 N–H and O–H groups in total. The van der Waals surface area contributed by atoms with E-state index in [2.05, 4.69) is 9.80 Å². The Morgan fingerprint density at radius 3 is 2.72 bits per heavy atom. The molecule has 2 aliphatic heterocycles. The summed E-state index contributed by atoms with van der Waals surface area (Å²) in [6.07, 6.45) is -0.140. The summed E-state index contributed by atoms with van der Waals surface area (Å²) >= 11 is 0. The first-order valence-electron chi connectivity index (χ1n) is 9.23. The van der Waals surface area contributed by atoms with E-state index >= 15 is 0 Å². The molecule has 1 aromatic carbocycles. The Morgan fingerprint density at radius 1 is 1.20 bits per heavy atom. The Balaban J connectivity index is 1.43. The molecule has 1 aromatic rings. The normalized spacial score (nSPS) is 25.4. The minimum atomic E-state index is -0.291. The molecule has 6 heteroatoms. The number of nitrogens with zero attached hydrogens (tertiary/aromatic N) is 2. The van der Waals surface area contributed by atoms with Gasteiger partial charge in [0.2, 0.25) is 0 Å². The second kappa shape index (κ2) is 8.85. The van der Waals surface area contributed by atoms with Crippen LogP contribution in [0.15, 0.2) is 24.3 Å². The summed E-state index contributed by atoms with van der Waals surface area (Å²) in [5, 5.41) is 10.4. The number of hydrogen-bond acceptors (Lipinski definition) is 6. The Hall–Kier alpha value is -1.34. The van der Waals surface area contributed by atoms with Gasteiger partial charge in [0.15, 0.2) is 0 Å². The molecular weight excluding hydrogens is 320 g/mol. The molecule has 6 nitrogen and oxygen atoms in total.